The van der Waals surface area contributed by atoms with Crippen molar-refractivity contribution >= 4 is 17.3 Å². The molecule has 0 heterocycles. The number of carbonyl (C=O) groups excluding carboxylic acids is 1. The molecule has 25 heavy (non-hydrogen) atoms. The average molecular weight is 340 g/mol. The van der Waals surface area contributed by atoms with E-state index in [2.05, 4.69) is 37.1 Å². The first-order valence-corrected chi connectivity index (χ1v) is 8.95. The minimum absolute atomic E-state index is 0.000802. The van der Waals surface area contributed by atoms with Crippen LogP contribution in [0.5, 0.6) is 5.75 Å². The van der Waals surface area contributed by atoms with E-state index >= 15 is 0 Å². The van der Waals surface area contributed by atoms with Crippen LogP contribution in [-0.4, -0.2) is 25.6 Å². The van der Waals surface area contributed by atoms with Crippen LogP contribution in [0.1, 0.15) is 31.9 Å². The third kappa shape index (κ3) is 4.99. The van der Waals surface area contributed by atoms with Crippen molar-refractivity contribution in [2.24, 2.45) is 0 Å². The van der Waals surface area contributed by atoms with Crippen LogP contribution in [0.4, 0.5) is 11.4 Å². The standard InChI is InChI=1S/C21H28N2O2/c1-5-17-11-8-10-16(4)21(17)22-20(24)15-25-19-13-9-12-18(14-19)23(6-2)7-3/h8-14H,5-7,15H2,1-4H3,(H,22,24). The molecule has 0 aliphatic rings. The Morgan fingerprint density at radius 3 is 2.48 bits per heavy atom. The van der Waals surface area contributed by atoms with E-state index in [-0.39, 0.29) is 12.5 Å². The van der Waals surface area contributed by atoms with Gasteiger partial charge in [0.2, 0.25) is 0 Å². The van der Waals surface area contributed by atoms with Gasteiger partial charge in [-0.3, -0.25) is 4.79 Å². The summed E-state index contributed by atoms with van der Waals surface area (Å²) in [7, 11) is 0. The van der Waals surface area contributed by atoms with Crippen molar-refractivity contribution in [3.05, 3.63) is 53.6 Å². The van der Waals surface area contributed by atoms with Crippen molar-refractivity contribution < 1.29 is 9.53 Å². The summed E-state index contributed by atoms with van der Waals surface area (Å²) in [5.74, 6) is 0.567. The number of anilines is 2. The Morgan fingerprint density at radius 1 is 1.08 bits per heavy atom. The van der Waals surface area contributed by atoms with E-state index in [1.807, 2.05) is 43.3 Å². The van der Waals surface area contributed by atoms with E-state index in [9.17, 15) is 4.79 Å². The first kappa shape index (κ1) is 18.8. The molecule has 4 heteroatoms. The Morgan fingerprint density at radius 2 is 1.80 bits per heavy atom. The van der Waals surface area contributed by atoms with Crippen LogP contribution in [0.15, 0.2) is 42.5 Å². The van der Waals surface area contributed by atoms with Crippen molar-refractivity contribution in [1.29, 1.82) is 0 Å². The van der Waals surface area contributed by atoms with Gasteiger partial charge in [0.15, 0.2) is 6.61 Å². The number of nitrogens with zero attached hydrogens (tertiary/aromatic N) is 1. The molecule has 2 aromatic carbocycles. The van der Waals surface area contributed by atoms with Gasteiger partial charge in [-0.1, -0.05) is 31.2 Å². The van der Waals surface area contributed by atoms with Gasteiger partial charge in [0.1, 0.15) is 5.75 Å². The minimum atomic E-state index is -0.141. The van der Waals surface area contributed by atoms with Gasteiger partial charge in [0, 0.05) is 30.5 Å². The molecule has 4 nitrogen and oxygen atoms in total. The Hall–Kier alpha value is -2.49. The molecule has 1 N–H and O–H groups in total. The zero-order chi connectivity index (χ0) is 18.2. The molecule has 2 aromatic rings. The molecule has 0 atom stereocenters. The van der Waals surface area contributed by atoms with Crippen LogP contribution in [0, 0.1) is 6.92 Å². The highest BCUT2D eigenvalue weighted by Gasteiger charge is 2.10. The first-order chi connectivity index (χ1) is 12.1. The predicted octanol–water partition coefficient (Wildman–Crippen LogP) is 4.42. The normalized spacial score (nSPS) is 10.4. The number of aryl methyl sites for hydroxylation is 2. The van der Waals surface area contributed by atoms with E-state index in [1.54, 1.807) is 0 Å². The van der Waals surface area contributed by atoms with Crippen molar-refractivity contribution in [2.45, 2.75) is 34.1 Å². The summed E-state index contributed by atoms with van der Waals surface area (Å²) < 4.78 is 5.69. The van der Waals surface area contributed by atoms with Gasteiger partial charge < -0.3 is 15.0 Å². The van der Waals surface area contributed by atoms with Crippen LogP contribution in [0.2, 0.25) is 0 Å². The summed E-state index contributed by atoms with van der Waals surface area (Å²) >= 11 is 0. The van der Waals surface area contributed by atoms with E-state index in [0.717, 1.165) is 42.0 Å². The second-order valence-electron chi connectivity index (χ2n) is 5.97. The van der Waals surface area contributed by atoms with Gasteiger partial charge in [0.05, 0.1) is 0 Å². The van der Waals surface area contributed by atoms with Crippen molar-refractivity contribution in [3.8, 4) is 5.75 Å². The Bertz CT molecular complexity index is 709. The molecule has 0 fully saturated rings. The molecule has 0 spiro atoms. The average Bonchev–Trinajstić information content (AvgIpc) is 2.63. The molecule has 0 bridgehead atoms. The van der Waals surface area contributed by atoms with Gasteiger partial charge in [0.25, 0.3) is 5.91 Å². The second-order valence-corrected chi connectivity index (χ2v) is 5.97. The molecule has 0 unspecified atom stereocenters. The molecular weight excluding hydrogens is 312 g/mol. The van der Waals surface area contributed by atoms with Gasteiger partial charge in [-0.15, -0.1) is 0 Å². The van der Waals surface area contributed by atoms with Crippen molar-refractivity contribution in [3.63, 3.8) is 0 Å². The molecule has 0 saturated heterocycles. The lowest BCUT2D eigenvalue weighted by Crippen LogP contribution is -2.23. The summed E-state index contributed by atoms with van der Waals surface area (Å²) in [6, 6.07) is 13.9. The van der Waals surface area contributed by atoms with Gasteiger partial charge in [-0.2, -0.15) is 0 Å². The maximum atomic E-state index is 12.3. The molecular formula is C21H28N2O2. The molecule has 0 aliphatic heterocycles. The van der Waals surface area contributed by atoms with E-state index in [4.69, 9.17) is 4.74 Å². The number of para-hydroxylation sites is 1. The Labute approximate surface area is 150 Å². The number of amides is 1. The zero-order valence-electron chi connectivity index (χ0n) is 15.6. The molecule has 0 radical (unpaired) electrons. The summed E-state index contributed by atoms with van der Waals surface area (Å²) in [5, 5.41) is 2.99. The summed E-state index contributed by atoms with van der Waals surface area (Å²) in [6.07, 6.45) is 0.879. The maximum absolute atomic E-state index is 12.3. The molecule has 1 amide bonds. The van der Waals surface area contributed by atoms with E-state index < -0.39 is 0 Å². The number of hydrogen-bond donors (Lipinski definition) is 1. The van der Waals surface area contributed by atoms with Gasteiger partial charge >= 0.3 is 0 Å². The third-order valence-corrected chi connectivity index (χ3v) is 4.32. The first-order valence-electron chi connectivity index (χ1n) is 8.95. The number of carbonyl (C=O) groups is 1. The number of hydrogen-bond acceptors (Lipinski definition) is 3. The smallest absolute Gasteiger partial charge is 0.262 e. The molecule has 134 valence electrons. The number of rotatable bonds is 8. The largest absolute Gasteiger partial charge is 0.484 e. The fourth-order valence-corrected chi connectivity index (χ4v) is 2.89. The Balaban J connectivity index is 2.00. The van der Waals surface area contributed by atoms with Crippen molar-refractivity contribution in [1.82, 2.24) is 0 Å². The summed E-state index contributed by atoms with van der Waals surface area (Å²) in [4.78, 5) is 14.5. The Kier molecular flexibility index (Phi) is 6.87. The van der Waals surface area contributed by atoms with E-state index in [1.165, 1.54) is 0 Å². The number of ether oxygens (including phenoxy) is 1. The quantitative estimate of drug-likeness (QED) is 0.773. The molecule has 2 rings (SSSR count). The third-order valence-electron chi connectivity index (χ3n) is 4.32. The number of nitrogens with one attached hydrogen (secondary N) is 1. The number of benzene rings is 2. The monoisotopic (exact) mass is 340 g/mol. The van der Waals surface area contributed by atoms with Crippen LogP contribution < -0.4 is 15.0 Å². The van der Waals surface area contributed by atoms with Crippen LogP contribution in [0.3, 0.4) is 0 Å². The fourth-order valence-electron chi connectivity index (χ4n) is 2.89. The lowest BCUT2D eigenvalue weighted by atomic mass is 10.1. The topological polar surface area (TPSA) is 41.6 Å². The van der Waals surface area contributed by atoms with Crippen LogP contribution >= 0.6 is 0 Å². The van der Waals surface area contributed by atoms with Crippen LogP contribution in [-0.2, 0) is 11.2 Å². The lowest BCUT2D eigenvalue weighted by molar-refractivity contribution is -0.118. The maximum Gasteiger partial charge on any atom is 0.262 e. The van der Waals surface area contributed by atoms with Gasteiger partial charge in [-0.05, 0) is 50.5 Å². The fraction of sp³-hybridized carbons (Fsp3) is 0.381. The van der Waals surface area contributed by atoms with Crippen LogP contribution in [0.25, 0.3) is 0 Å². The summed E-state index contributed by atoms with van der Waals surface area (Å²) in [6.45, 7) is 10.2. The molecule has 0 saturated carbocycles. The van der Waals surface area contributed by atoms with E-state index in [0.29, 0.717) is 5.75 Å². The highest BCUT2D eigenvalue weighted by molar-refractivity contribution is 5.93. The van der Waals surface area contributed by atoms with Gasteiger partial charge in [-0.25, -0.2) is 0 Å². The minimum Gasteiger partial charge on any atom is -0.484 e. The molecule has 0 aromatic heterocycles. The zero-order valence-corrected chi connectivity index (χ0v) is 15.6. The highest BCUT2D eigenvalue weighted by atomic mass is 16.5. The molecule has 0 aliphatic carbocycles. The SMILES string of the molecule is CCc1cccc(C)c1NC(=O)COc1cccc(N(CC)CC)c1. The van der Waals surface area contributed by atoms with Crippen molar-refractivity contribution in [2.75, 3.05) is 29.9 Å². The highest BCUT2D eigenvalue weighted by Crippen LogP contribution is 2.22. The lowest BCUT2D eigenvalue weighted by Gasteiger charge is -2.21. The summed E-state index contributed by atoms with van der Waals surface area (Å²) in [5.41, 5.74) is 4.21. The predicted molar refractivity (Wildman–Crippen MR) is 105 cm³/mol. The second kappa shape index (κ2) is 9.11.